The molecule has 1 fully saturated rings. The van der Waals surface area contributed by atoms with E-state index in [1.54, 1.807) is 0 Å². The average molecular weight is 264 g/mol. The lowest BCUT2D eigenvalue weighted by Gasteiger charge is -2.48. The second-order valence-corrected chi connectivity index (χ2v) is 7.50. The van der Waals surface area contributed by atoms with E-state index in [1.165, 1.54) is 19.3 Å². The quantitative estimate of drug-likeness (QED) is 0.569. The third-order valence-electron chi connectivity index (χ3n) is 6.52. The van der Waals surface area contributed by atoms with Crippen LogP contribution in [-0.4, -0.2) is 14.7 Å². The topological polar surface area (TPSA) is 9.23 Å². The Balaban J connectivity index is 2.80. The Kier molecular flexibility index (Phi) is 6.43. The minimum Gasteiger partial charge on any atom is -0.448 e. The van der Waals surface area contributed by atoms with Gasteiger partial charge in [0.05, 0.1) is 0 Å². The Hall–Kier alpha value is 0.0249. The van der Waals surface area contributed by atoms with Gasteiger partial charge >= 0.3 is 0 Å². The highest BCUT2D eigenvalue weighted by atomic mass is 16.4. The third-order valence-corrected chi connectivity index (χ3v) is 6.52. The van der Waals surface area contributed by atoms with Gasteiger partial charge in [0.2, 0.25) is 0 Å². The van der Waals surface area contributed by atoms with E-state index < -0.39 is 0 Å². The van der Waals surface area contributed by atoms with Crippen molar-refractivity contribution in [3.8, 4) is 0 Å². The first kappa shape index (κ1) is 17.1. The van der Waals surface area contributed by atoms with Crippen LogP contribution in [-0.2, 0) is 4.65 Å². The summed E-state index contributed by atoms with van der Waals surface area (Å²) in [5, 5.41) is 0. The molecule has 4 atom stereocenters. The maximum absolute atomic E-state index is 5.29. The monoisotopic (exact) mass is 264 g/mol. The van der Waals surface area contributed by atoms with Gasteiger partial charge in [-0.15, -0.1) is 0 Å². The van der Waals surface area contributed by atoms with Crippen LogP contribution < -0.4 is 0 Å². The lowest BCUT2D eigenvalue weighted by Crippen LogP contribution is -2.42. The van der Waals surface area contributed by atoms with Gasteiger partial charge in [0, 0.05) is 6.61 Å². The summed E-state index contributed by atoms with van der Waals surface area (Å²) in [7, 11) is 5.29. The summed E-state index contributed by atoms with van der Waals surface area (Å²) >= 11 is 0. The van der Waals surface area contributed by atoms with E-state index in [4.69, 9.17) is 12.7 Å². The zero-order chi connectivity index (χ0) is 14.6. The van der Waals surface area contributed by atoms with Crippen LogP contribution in [0.3, 0.4) is 0 Å². The summed E-state index contributed by atoms with van der Waals surface area (Å²) in [6.45, 7) is 15.1. The predicted octanol–water partition coefficient (Wildman–Crippen LogP) is 4.85. The Morgan fingerprint density at radius 1 is 1.11 bits per heavy atom. The molecule has 0 amide bonds. The van der Waals surface area contributed by atoms with Gasteiger partial charge in [-0.05, 0) is 41.4 Å². The van der Waals surface area contributed by atoms with Crippen molar-refractivity contribution in [2.75, 3.05) is 6.61 Å². The van der Waals surface area contributed by atoms with Gasteiger partial charge in [-0.1, -0.05) is 60.8 Å². The van der Waals surface area contributed by atoms with Crippen LogP contribution in [0.5, 0.6) is 0 Å². The molecule has 0 bridgehead atoms. The van der Waals surface area contributed by atoms with Gasteiger partial charge in [-0.3, -0.25) is 0 Å². The van der Waals surface area contributed by atoms with Gasteiger partial charge in [-0.2, -0.15) is 0 Å². The molecule has 0 N–H and O–H groups in total. The molecule has 4 unspecified atom stereocenters. The van der Waals surface area contributed by atoms with Crippen LogP contribution in [0, 0.1) is 35.0 Å². The third kappa shape index (κ3) is 3.77. The van der Waals surface area contributed by atoms with Gasteiger partial charge in [0.1, 0.15) is 0 Å². The molecule has 1 aliphatic carbocycles. The van der Waals surface area contributed by atoms with Crippen LogP contribution in [0.2, 0.25) is 0 Å². The molecule has 0 spiro atoms. The van der Waals surface area contributed by atoms with Crippen LogP contribution in [0.4, 0.5) is 0 Å². The van der Waals surface area contributed by atoms with E-state index in [2.05, 4.69) is 41.5 Å². The first-order chi connectivity index (χ1) is 8.84. The van der Waals surface area contributed by atoms with Crippen LogP contribution in [0.15, 0.2) is 0 Å². The fraction of sp³-hybridized carbons (Fsp3) is 1.00. The predicted molar refractivity (Wildman–Crippen MR) is 84.1 cm³/mol. The molecule has 0 aliphatic heterocycles. The van der Waals surface area contributed by atoms with Gasteiger partial charge in [0.25, 0.3) is 8.05 Å². The maximum Gasteiger partial charge on any atom is 0.282 e. The minimum atomic E-state index is 0.322. The zero-order valence-electron chi connectivity index (χ0n) is 13.9. The zero-order valence-corrected chi connectivity index (χ0v) is 13.9. The van der Waals surface area contributed by atoms with Crippen molar-refractivity contribution < 1.29 is 4.65 Å². The Morgan fingerprint density at radius 2 is 1.68 bits per heavy atom. The number of hydrogen-bond donors (Lipinski definition) is 0. The molecule has 0 heterocycles. The molecule has 0 saturated heterocycles. The van der Waals surface area contributed by atoms with Crippen LogP contribution in [0.1, 0.15) is 67.2 Å². The summed E-state index contributed by atoms with van der Waals surface area (Å²) in [4.78, 5) is 0. The molecule has 0 aromatic carbocycles. The summed E-state index contributed by atoms with van der Waals surface area (Å²) in [6, 6.07) is 0. The van der Waals surface area contributed by atoms with E-state index in [9.17, 15) is 0 Å². The summed E-state index contributed by atoms with van der Waals surface area (Å²) in [5.41, 5.74) is 0.322. The molecule has 1 saturated carbocycles. The highest BCUT2D eigenvalue weighted by molar-refractivity contribution is 5.97. The number of rotatable bonds is 8. The Bertz CT molecular complexity index is 262. The van der Waals surface area contributed by atoms with E-state index >= 15 is 0 Å². The van der Waals surface area contributed by atoms with Crippen molar-refractivity contribution in [3.63, 3.8) is 0 Å². The molecular formula is C17H33BO. The minimum absolute atomic E-state index is 0.322. The molecule has 0 aromatic heterocycles. The summed E-state index contributed by atoms with van der Waals surface area (Å²) < 4.78 is 4.90. The van der Waals surface area contributed by atoms with Crippen molar-refractivity contribution in [2.45, 2.75) is 67.2 Å². The molecule has 1 rings (SSSR count). The fourth-order valence-corrected chi connectivity index (χ4v) is 3.88. The highest BCUT2D eigenvalue weighted by Crippen LogP contribution is 2.49. The molecule has 110 valence electrons. The first-order valence-electron chi connectivity index (χ1n) is 8.16. The van der Waals surface area contributed by atoms with Gasteiger partial charge in [-0.25, -0.2) is 0 Å². The standard InChI is InChI=1S/C17H33BO/c1-12(2)14(4)17(6,10-11-19-18)15(5)13(3)16-8-7-9-16/h12-16H,7-11H2,1-6H3. The largest absolute Gasteiger partial charge is 0.448 e. The SMILES string of the molecule is [B]OCCC(C)(C(C)C(C)C)C(C)C(C)C1CCC1. The highest BCUT2D eigenvalue weighted by Gasteiger charge is 2.42. The summed E-state index contributed by atoms with van der Waals surface area (Å²) in [6.07, 6.45) is 5.38. The average Bonchev–Trinajstić information content (AvgIpc) is 2.31. The van der Waals surface area contributed by atoms with Crippen molar-refractivity contribution in [3.05, 3.63) is 0 Å². The molecule has 1 aliphatic rings. The van der Waals surface area contributed by atoms with E-state index in [0.29, 0.717) is 23.9 Å². The lowest BCUT2D eigenvalue weighted by atomic mass is 9.57. The molecular weight excluding hydrogens is 231 g/mol. The van der Waals surface area contributed by atoms with E-state index in [-0.39, 0.29) is 0 Å². The molecule has 2 radical (unpaired) electrons. The summed E-state index contributed by atoms with van der Waals surface area (Å²) in [5.74, 6) is 3.90. The molecule has 1 nitrogen and oxygen atoms in total. The van der Waals surface area contributed by atoms with Crippen LogP contribution >= 0.6 is 0 Å². The smallest absolute Gasteiger partial charge is 0.282 e. The van der Waals surface area contributed by atoms with Crippen molar-refractivity contribution in [2.24, 2.45) is 35.0 Å². The number of hydrogen-bond acceptors (Lipinski definition) is 1. The van der Waals surface area contributed by atoms with Gasteiger partial charge in [0.15, 0.2) is 0 Å². The van der Waals surface area contributed by atoms with Crippen molar-refractivity contribution in [1.82, 2.24) is 0 Å². The molecule has 19 heavy (non-hydrogen) atoms. The van der Waals surface area contributed by atoms with E-state index in [1.807, 2.05) is 0 Å². The second kappa shape index (κ2) is 7.15. The second-order valence-electron chi connectivity index (χ2n) is 7.50. The van der Waals surface area contributed by atoms with Crippen LogP contribution in [0.25, 0.3) is 0 Å². The molecule has 2 heteroatoms. The first-order valence-corrected chi connectivity index (χ1v) is 8.16. The maximum atomic E-state index is 5.29. The normalized spacial score (nSPS) is 24.6. The van der Waals surface area contributed by atoms with Gasteiger partial charge < -0.3 is 4.65 Å². The Labute approximate surface area is 122 Å². The van der Waals surface area contributed by atoms with Crippen molar-refractivity contribution in [1.29, 1.82) is 0 Å². The Morgan fingerprint density at radius 3 is 2.05 bits per heavy atom. The fourth-order valence-electron chi connectivity index (χ4n) is 3.88. The van der Waals surface area contributed by atoms with Crippen molar-refractivity contribution >= 4 is 8.05 Å². The van der Waals surface area contributed by atoms with E-state index in [0.717, 1.165) is 24.2 Å². The molecule has 0 aromatic rings. The lowest BCUT2D eigenvalue weighted by molar-refractivity contribution is -0.00132.